The van der Waals surface area contributed by atoms with E-state index >= 15 is 0 Å². The minimum atomic E-state index is -3.44. The summed E-state index contributed by atoms with van der Waals surface area (Å²) in [4.78, 5) is 0. The van der Waals surface area contributed by atoms with Gasteiger partial charge in [0.1, 0.15) is 19.0 Å². The largest absolute Gasteiger partial charge is 0.491 e. The summed E-state index contributed by atoms with van der Waals surface area (Å²) in [5.41, 5.74) is 0.352. The number of hydrogen-bond acceptors (Lipinski definition) is 6. The van der Waals surface area contributed by atoms with Crippen LogP contribution in [0.5, 0.6) is 5.75 Å². The number of rotatable bonds is 6. The molecule has 0 aliphatic heterocycles. The molecule has 0 saturated carbocycles. The molecule has 0 saturated heterocycles. The van der Waals surface area contributed by atoms with Crippen LogP contribution in [0.1, 0.15) is 0 Å². The Morgan fingerprint density at radius 1 is 1.18 bits per heavy atom. The van der Waals surface area contributed by atoms with E-state index in [-0.39, 0.29) is 13.2 Å². The number of ether oxygens (including phenoxy) is 1. The van der Waals surface area contributed by atoms with Gasteiger partial charge in [-0.2, -0.15) is 8.42 Å². The molecule has 0 bridgehead atoms. The fourth-order valence-corrected chi connectivity index (χ4v) is 1.45. The summed E-state index contributed by atoms with van der Waals surface area (Å²) >= 11 is 0. The van der Waals surface area contributed by atoms with Crippen molar-refractivity contribution in [2.24, 2.45) is 0 Å². The van der Waals surface area contributed by atoms with E-state index in [1.165, 1.54) is 12.1 Å². The van der Waals surface area contributed by atoms with Gasteiger partial charge in [0.2, 0.25) is 0 Å². The van der Waals surface area contributed by atoms with Crippen molar-refractivity contribution in [3.8, 4) is 5.75 Å². The first-order valence-electron chi connectivity index (χ1n) is 4.82. The fraction of sp³-hybridized carbons (Fsp3) is 0.333. The molecule has 1 aromatic carbocycles. The van der Waals surface area contributed by atoms with E-state index in [4.69, 9.17) is 14.8 Å². The lowest BCUT2D eigenvalue weighted by Gasteiger charge is -2.06. The van der Waals surface area contributed by atoms with Gasteiger partial charge in [-0.1, -0.05) is 12.1 Å². The molecule has 0 heterocycles. The van der Waals surface area contributed by atoms with Gasteiger partial charge in [-0.05, 0) is 17.6 Å². The maximum atomic E-state index is 10.6. The van der Waals surface area contributed by atoms with E-state index in [0.29, 0.717) is 11.2 Å². The summed E-state index contributed by atoms with van der Waals surface area (Å²) in [5.74, 6) is 0.492. The van der Waals surface area contributed by atoms with Gasteiger partial charge in [-0.15, -0.1) is 0 Å². The van der Waals surface area contributed by atoms with Crippen molar-refractivity contribution in [1.82, 2.24) is 0 Å². The van der Waals surface area contributed by atoms with Gasteiger partial charge < -0.3 is 14.8 Å². The predicted octanol–water partition coefficient (Wildman–Crippen LogP) is -1.28. The van der Waals surface area contributed by atoms with Crippen LogP contribution in [0.4, 0.5) is 0 Å². The van der Waals surface area contributed by atoms with Gasteiger partial charge >= 0.3 is 7.12 Å². The molecular weight excluding hydrogens is 247 g/mol. The summed E-state index contributed by atoms with van der Waals surface area (Å²) in [5, 5.41) is 17.7. The summed E-state index contributed by atoms with van der Waals surface area (Å²) in [6, 6.07) is 6.10. The zero-order chi connectivity index (χ0) is 12.9. The van der Waals surface area contributed by atoms with Crippen molar-refractivity contribution >= 4 is 22.7 Å². The van der Waals surface area contributed by atoms with Crippen LogP contribution in [0, 0.1) is 0 Å². The first-order valence-corrected chi connectivity index (χ1v) is 6.63. The van der Waals surface area contributed by atoms with E-state index in [1.807, 2.05) is 0 Å². The second-order valence-corrected chi connectivity index (χ2v) is 4.96. The molecule has 0 spiro atoms. The van der Waals surface area contributed by atoms with E-state index in [9.17, 15) is 8.42 Å². The monoisotopic (exact) mass is 260 g/mol. The van der Waals surface area contributed by atoms with E-state index < -0.39 is 17.2 Å². The predicted molar refractivity (Wildman–Crippen MR) is 62.6 cm³/mol. The molecule has 0 unspecified atom stereocenters. The van der Waals surface area contributed by atoms with Crippen LogP contribution in [0.25, 0.3) is 0 Å². The van der Waals surface area contributed by atoms with E-state index in [2.05, 4.69) is 4.18 Å². The Hall–Kier alpha value is -1.09. The molecule has 94 valence electrons. The fourth-order valence-electron chi connectivity index (χ4n) is 1.08. The third kappa shape index (κ3) is 5.69. The average Bonchev–Trinajstić information content (AvgIpc) is 2.24. The van der Waals surface area contributed by atoms with Crippen molar-refractivity contribution < 1.29 is 27.4 Å². The second-order valence-electron chi connectivity index (χ2n) is 3.32. The SMILES string of the molecule is CS(=O)(=O)OCCOc1ccc(B(O)O)cc1. The third-order valence-corrected chi connectivity index (χ3v) is 2.42. The lowest BCUT2D eigenvalue weighted by molar-refractivity contribution is 0.222. The van der Waals surface area contributed by atoms with Crippen LogP contribution in [0.15, 0.2) is 24.3 Å². The average molecular weight is 260 g/mol. The topological polar surface area (TPSA) is 93.1 Å². The number of hydrogen-bond donors (Lipinski definition) is 2. The van der Waals surface area contributed by atoms with Gasteiger partial charge in [0.15, 0.2) is 0 Å². The molecule has 6 nitrogen and oxygen atoms in total. The minimum Gasteiger partial charge on any atom is -0.491 e. The minimum absolute atomic E-state index is 0.0663. The smallest absolute Gasteiger partial charge is 0.488 e. The second kappa shape index (κ2) is 6.01. The maximum Gasteiger partial charge on any atom is 0.488 e. The zero-order valence-corrected chi connectivity index (χ0v) is 10.1. The summed E-state index contributed by atoms with van der Waals surface area (Å²) in [6.07, 6.45) is 0.963. The lowest BCUT2D eigenvalue weighted by atomic mass is 9.80. The molecule has 0 aliphatic rings. The van der Waals surface area contributed by atoms with Crippen molar-refractivity contribution in [2.45, 2.75) is 0 Å². The molecule has 0 atom stereocenters. The van der Waals surface area contributed by atoms with Gasteiger partial charge in [0.05, 0.1) is 6.26 Å². The molecule has 0 amide bonds. The quantitative estimate of drug-likeness (QED) is 0.376. The highest BCUT2D eigenvalue weighted by Crippen LogP contribution is 2.07. The van der Waals surface area contributed by atoms with Crippen molar-refractivity contribution in [3.63, 3.8) is 0 Å². The highest BCUT2D eigenvalue weighted by Gasteiger charge is 2.09. The van der Waals surface area contributed by atoms with Crippen LogP contribution in [0.3, 0.4) is 0 Å². The molecule has 0 aromatic heterocycles. The highest BCUT2D eigenvalue weighted by molar-refractivity contribution is 7.85. The maximum absolute atomic E-state index is 10.6. The Balaban J connectivity index is 2.37. The molecule has 8 heteroatoms. The molecule has 17 heavy (non-hydrogen) atoms. The standard InChI is InChI=1S/C9H13BO6S/c1-17(13,14)16-7-6-15-9-4-2-8(3-5-9)10(11)12/h2-5,11-12H,6-7H2,1H3. The summed E-state index contributed by atoms with van der Waals surface area (Å²) in [7, 11) is -4.96. The Morgan fingerprint density at radius 3 is 2.24 bits per heavy atom. The van der Waals surface area contributed by atoms with Gasteiger partial charge in [-0.3, -0.25) is 4.18 Å². The Kier molecular flexibility index (Phi) is 4.94. The Labute approximate surface area is 100 Å². The molecule has 2 N–H and O–H groups in total. The zero-order valence-electron chi connectivity index (χ0n) is 9.24. The van der Waals surface area contributed by atoms with Crippen LogP contribution >= 0.6 is 0 Å². The Morgan fingerprint density at radius 2 is 1.76 bits per heavy atom. The first kappa shape index (κ1) is 14.0. The molecular formula is C9H13BO6S. The van der Waals surface area contributed by atoms with Crippen LogP contribution in [0.2, 0.25) is 0 Å². The van der Waals surface area contributed by atoms with E-state index in [0.717, 1.165) is 6.26 Å². The first-order chi connectivity index (χ1) is 7.88. The normalized spacial score (nSPS) is 11.2. The van der Waals surface area contributed by atoms with Crippen LogP contribution < -0.4 is 10.2 Å². The summed E-state index contributed by atoms with van der Waals surface area (Å²) in [6.45, 7) is 0.0251. The van der Waals surface area contributed by atoms with Gasteiger partial charge in [-0.25, -0.2) is 0 Å². The number of benzene rings is 1. The van der Waals surface area contributed by atoms with Crippen molar-refractivity contribution in [3.05, 3.63) is 24.3 Å². The highest BCUT2D eigenvalue weighted by atomic mass is 32.2. The third-order valence-electron chi connectivity index (χ3n) is 1.83. The van der Waals surface area contributed by atoms with Gasteiger partial charge in [0.25, 0.3) is 10.1 Å². The Bertz CT molecular complexity index is 441. The summed E-state index contributed by atoms with van der Waals surface area (Å²) < 4.78 is 30.9. The van der Waals surface area contributed by atoms with Crippen LogP contribution in [-0.2, 0) is 14.3 Å². The molecule has 0 radical (unpaired) electrons. The van der Waals surface area contributed by atoms with Crippen molar-refractivity contribution in [1.29, 1.82) is 0 Å². The molecule has 0 fully saturated rings. The van der Waals surface area contributed by atoms with Gasteiger partial charge in [0, 0.05) is 0 Å². The van der Waals surface area contributed by atoms with Crippen LogP contribution in [-0.4, -0.2) is 45.1 Å². The van der Waals surface area contributed by atoms with E-state index in [1.54, 1.807) is 12.1 Å². The molecule has 1 aromatic rings. The van der Waals surface area contributed by atoms with Crippen molar-refractivity contribution in [2.75, 3.05) is 19.5 Å². The lowest BCUT2D eigenvalue weighted by Crippen LogP contribution is -2.29. The molecule has 1 rings (SSSR count). The molecule has 0 aliphatic carbocycles.